The monoisotopic (exact) mass is 442 g/mol. The van der Waals surface area contributed by atoms with Crippen molar-refractivity contribution in [3.8, 4) is 17.1 Å². The molecule has 0 fully saturated rings. The molecule has 0 radical (unpaired) electrons. The highest BCUT2D eigenvalue weighted by atomic mass is 35.5. The van der Waals surface area contributed by atoms with Crippen LogP contribution in [0.4, 0.5) is 11.5 Å². The van der Waals surface area contributed by atoms with Crippen LogP contribution >= 0.6 is 11.6 Å². The van der Waals surface area contributed by atoms with Crippen LogP contribution in [-0.4, -0.2) is 15.8 Å². The van der Waals surface area contributed by atoms with Crippen molar-refractivity contribution >= 4 is 29.3 Å². The van der Waals surface area contributed by atoms with Gasteiger partial charge >= 0.3 is 0 Å². The highest BCUT2D eigenvalue weighted by Gasteiger charge is 2.19. The molecule has 0 unspecified atom stereocenters. The summed E-state index contributed by atoms with van der Waals surface area (Å²) in [4.78, 5) is 18.4. The third-order valence-corrected chi connectivity index (χ3v) is 5.44. The fourth-order valence-electron chi connectivity index (χ4n) is 3.48. The third-order valence-electron chi connectivity index (χ3n) is 5.20. The number of hydrogen-bond acceptors (Lipinski definition) is 4. The lowest BCUT2D eigenvalue weighted by Crippen LogP contribution is -2.26. The standard InChI is InChI=1S/C26H23ClN4O/c1-17(2)18-11-13-19(14-12-18)25-30-24(29-21-8-4-3-5-9-21)23(16-28)26(32)31(25)22-10-6-7-20(27)15-22/h3-17,28-29H,1-2H3. The molecule has 32 heavy (non-hydrogen) atoms. The highest BCUT2D eigenvalue weighted by molar-refractivity contribution is 6.30. The first-order chi connectivity index (χ1) is 15.5. The molecule has 0 saturated heterocycles. The number of para-hydroxylation sites is 1. The lowest BCUT2D eigenvalue weighted by molar-refractivity contribution is 0.866. The maximum absolute atomic E-state index is 13.6. The van der Waals surface area contributed by atoms with Gasteiger partial charge in [0.1, 0.15) is 17.2 Å². The van der Waals surface area contributed by atoms with E-state index in [1.54, 1.807) is 24.3 Å². The van der Waals surface area contributed by atoms with Crippen molar-refractivity contribution in [1.82, 2.24) is 9.55 Å². The van der Waals surface area contributed by atoms with Gasteiger partial charge in [-0.25, -0.2) is 4.98 Å². The van der Waals surface area contributed by atoms with E-state index in [0.29, 0.717) is 28.3 Å². The van der Waals surface area contributed by atoms with Gasteiger partial charge in [-0.05, 0) is 41.8 Å². The minimum absolute atomic E-state index is 0.163. The van der Waals surface area contributed by atoms with Gasteiger partial charge in [0.15, 0.2) is 0 Å². The largest absolute Gasteiger partial charge is 0.339 e. The lowest BCUT2D eigenvalue weighted by Gasteiger charge is -2.17. The van der Waals surface area contributed by atoms with Crippen molar-refractivity contribution < 1.29 is 0 Å². The Morgan fingerprint density at radius 1 is 1.00 bits per heavy atom. The minimum Gasteiger partial charge on any atom is -0.339 e. The van der Waals surface area contributed by atoms with Crippen LogP contribution in [0, 0.1) is 5.41 Å². The molecule has 2 N–H and O–H groups in total. The predicted octanol–water partition coefficient (Wildman–Crippen LogP) is 6.42. The van der Waals surface area contributed by atoms with Gasteiger partial charge in [0, 0.05) is 22.5 Å². The molecule has 4 rings (SSSR count). The number of anilines is 2. The summed E-state index contributed by atoms with van der Waals surface area (Å²) in [5, 5.41) is 11.6. The average molecular weight is 443 g/mol. The van der Waals surface area contributed by atoms with Crippen LogP contribution in [0.3, 0.4) is 0 Å². The normalized spacial score (nSPS) is 10.9. The van der Waals surface area contributed by atoms with E-state index < -0.39 is 0 Å². The van der Waals surface area contributed by atoms with Crippen molar-refractivity contribution in [2.24, 2.45) is 0 Å². The van der Waals surface area contributed by atoms with Crippen LogP contribution in [0.15, 0.2) is 83.7 Å². The Balaban J connectivity index is 1.97. The molecule has 4 aromatic rings. The quantitative estimate of drug-likeness (QED) is 0.338. The zero-order valence-electron chi connectivity index (χ0n) is 17.8. The third kappa shape index (κ3) is 4.34. The summed E-state index contributed by atoms with van der Waals surface area (Å²) in [5.74, 6) is 1.19. The molecule has 0 spiro atoms. The number of hydrogen-bond donors (Lipinski definition) is 2. The molecule has 0 amide bonds. The summed E-state index contributed by atoms with van der Waals surface area (Å²) in [6.45, 7) is 4.27. The summed E-state index contributed by atoms with van der Waals surface area (Å²) in [7, 11) is 0. The van der Waals surface area contributed by atoms with E-state index in [1.807, 2.05) is 54.6 Å². The second kappa shape index (κ2) is 9.20. The molecule has 1 heterocycles. The number of nitrogens with one attached hydrogen (secondary N) is 2. The van der Waals surface area contributed by atoms with E-state index in [4.69, 9.17) is 22.0 Å². The number of aromatic nitrogens is 2. The maximum Gasteiger partial charge on any atom is 0.269 e. The Labute approximate surface area is 191 Å². The number of benzene rings is 3. The van der Waals surface area contributed by atoms with E-state index in [9.17, 15) is 4.79 Å². The molecule has 0 aliphatic carbocycles. The van der Waals surface area contributed by atoms with Crippen LogP contribution < -0.4 is 10.9 Å². The van der Waals surface area contributed by atoms with Gasteiger partial charge in [-0.15, -0.1) is 0 Å². The summed E-state index contributed by atoms with van der Waals surface area (Å²) in [5.41, 5.74) is 3.18. The first-order valence-corrected chi connectivity index (χ1v) is 10.7. The predicted molar refractivity (Wildman–Crippen MR) is 132 cm³/mol. The SMILES string of the molecule is CC(C)c1ccc(-c2nc(Nc3ccccc3)c(C=N)c(=O)n2-c2cccc(Cl)c2)cc1. The van der Waals surface area contributed by atoms with Crippen LogP contribution in [0.2, 0.25) is 5.02 Å². The average Bonchev–Trinajstić information content (AvgIpc) is 2.79. The molecule has 160 valence electrons. The van der Waals surface area contributed by atoms with Crippen molar-refractivity contribution in [1.29, 1.82) is 5.41 Å². The number of halogens is 1. The fourth-order valence-corrected chi connectivity index (χ4v) is 3.67. The number of rotatable bonds is 6. The van der Waals surface area contributed by atoms with Gasteiger partial charge in [-0.1, -0.05) is 74.0 Å². The van der Waals surface area contributed by atoms with Crippen molar-refractivity contribution in [3.05, 3.63) is 105 Å². The maximum atomic E-state index is 13.6. The van der Waals surface area contributed by atoms with E-state index in [0.717, 1.165) is 17.5 Å². The van der Waals surface area contributed by atoms with Gasteiger partial charge < -0.3 is 10.7 Å². The summed E-state index contributed by atoms with van der Waals surface area (Å²) >= 11 is 6.22. The Bertz CT molecular complexity index is 1310. The Morgan fingerprint density at radius 2 is 1.72 bits per heavy atom. The molecule has 0 aliphatic rings. The molecule has 0 bridgehead atoms. The Hall–Kier alpha value is -3.70. The van der Waals surface area contributed by atoms with E-state index in [1.165, 1.54) is 10.1 Å². The summed E-state index contributed by atoms with van der Waals surface area (Å²) in [6, 6.07) is 24.6. The second-order valence-electron chi connectivity index (χ2n) is 7.73. The van der Waals surface area contributed by atoms with Crippen LogP contribution in [0.1, 0.15) is 30.9 Å². The minimum atomic E-state index is -0.348. The van der Waals surface area contributed by atoms with Gasteiger partial charge in [-0.3, -0.25) is 9.36 Å². The van der Waals surface area contributed by atoms with Crippen molar-refractivity contribution in [2.75, 3.05) is 5.32 Å². The summed E-state index contributed by atoms with van der Waals surface area (Å²) < 4.78 is 1.51. The zero-order valence-corrected chi connectivity index (χ0v) is 18.6. The smallest absolute Gasteiger partial charge is 0.269 e. The Morgan fingerprint density at radius 3 is 2.34 bits per heavy atom. The molecule has 1 aromatic heterocycles. The second-order valence-corrected chi connectivity index (χ2v) is 8.17. The molecule has 3 aromatic carbocycles. The molecule has 5 nitrogen and oxygen atoms in total. The molecular formula is C26H23ClN4O. The van der Waals surface area contributed by atoms with Crippen LogP contribution in [0.5, 0.6) is 0 Å². The van der Waals surface area contributed by atoms with Gasteiger partial charge in [-0.2, -0.15) is 0 Å². The van der Waals surface area contributed by atoms with Crippen LogP contribution in [0.25, 0.3) is 17.1 Å². The molecule has 0 saturated carbocycles. The highest BCUT2D eigenvalue weighted by Crippen LogP contribution is 2.27. The topological polar surface area (TPSA) is 70.8 Å². The van der Waals surface area contributed by atoms with E-state index >= 15 is 0 Å². The van der Waals surface area contributed by atoms with Gasteiger partial charge in [0.25, 0.3) is 5.56 Å². The molecule has 0 atom stereocenters. The van der Waals surface area contributed by atoms with Crippen LogP contribution in [-0.2, 0) is 0 Å². The lowest BCUT2D eigenvalue weighted by atomic mass is 10.0. The van der Waals surface area contributed by atoms with E-state index in [-0.39, 0.29) is 11.1 Å². The molecule has 0 aliphatic heterocycles. The first kappa shape index (κ1) is 21.5. The number of nitrogens with zero attached hydrogens (tertiary/aromatic N) is 2. The molecular weight excluding hydrogens is 420 g/mol. The Kier molecular flexibility index (Phi) is 6.19. The first-order valence-electron chi connectivity index (χ1n) is 10.3. The van der Waals surface area contributed by atoms with E-state index in [2.05, 4.69) is 19.2 Å². The molecule has 6 heteroatoms. The zero-order chi connectivity index (χ0) is 22.7. The summed E-state index contributed by atoms with van der Waals surface area (Å²) in [6.07, 6.45) is 1.04. The van der Waals surface area contributed by atoms with Gasteiger partial charge in [0.05, 0.1) is 5.69 Å². The van der Waals surface area contributed by atoms with Gasteiger partial charge in [0.2, 0.25) is 0 Å². The van der Waals surface area contributed by atoms with Crippen molar-refractivity contribution in [2.45, 2.75) is 19.8 Å². The fraction of sp³-hybridized carbons (Fsp3) is 0.115. The van der Waals surface area contributed by atoms with Crippen molar-refractivity contribution in [3.63, 3.8) is 0 Å².